The van der Waals surface area contributed by atoms with Crippen LogP contribution >= 0.6 is 0 Å². The van der Waals surface area contributed by atoms with Crippen molar-refractivity contribution in [2.45, 2.75) is 32.1 Å². The number of benzene rings is 3. The second-order valence-electron chi connectivity index (χ2n) is 10.3. The first-order valence-electron chi connectivity index (χ1n) is 13.3. The number of nitrogens with one attached hydrogen (secondary N) is 1. The van der Waals surface area contributed by atoms with Crippen LogP contribution in [-0.4, -0.2) is 50.6 Å². The maximum Gasteiger partial charge on any atom is 0.250 e. The highest BCUT2D eigenvalue weighted by molar-refractivity contribution is 7.89. The molecule has 1 saturated heterocycles. The van der Waals surface area contributed by atoms with E-state index in [1.54, 1.807) is 4.31 Å². The Kier molecular flexibility index (Phi) is 7.72. The Balaban J connectivity index is 1.21. The predicted octanol–water partition coefficient (Wildman–Crippen LogP) is 4.78. The van der Waals surface area contributed by atoms with Gasteiger partial charge in [-0.2, -0.15) is 0 Å². The molecule has 200 valence electrons. The number of primary amides is 1. The normalized spacial score (nSPS) is 18.1. The molecule has 1 atom stereocenters. The molecule has 5 rings (SSSR count). The first-order valence-corrected chi connectivity index (χ1v) is 14.9. The SMILES string of the molecule is Cc1ccc(OCCCS(=O)(=O)N2CCC(C3CNc4c(C(N)=O)cc(-c5ccccc5)cc43)CC2)cc1. The molecule has 3 aromatic rings. The Bertz CT molecular complexity index is 1380. The topological polar surface area (TPSA) is 102 Å². The van der Waals surface area contributed by atoms with Crippen molar-refractivity contribution in [1.29, 1.82) is 0 Å². The maximum absolute atomic E-state index is 13.0. The summed E-state index contributed by atoms with van der Waals surface area (Å²) in [6, 6.07) is 21.8. The Morgan fingerprint density at radius 1 is 1.03 bits per heavy atom. The summed E-state index contributed by atoms with van der Waals surface area (Å²) in [5, 5.41) is 3.42. The van der Waals surface area contributed by atoms with Gasteiger partial charge in [0.15, 0.2) is 0 Å². The largest absolute Gasteiger partial charge is 0.494 e. The summed E-state index contributed by atoms with van der Waals surface area (Å²) in [6.07, 6.45) is 2.02. The van der Waals surface area contributed by atoms with E-state index in [0.29, 0.717) is 37.6 Å². The fourth-order valence-corrected chi connectivity index (χ4v) is 7.15. The van der Waals surface area contributed by atoms with Crippen molar-refractivity contribution in [3.63, 3.8) is 0 Å². The van der Waals surface area contributed by atoms with Crippen molar-refractivity contribution in [3.8, 4) is 16.9 Å². The Labute approximate surface area is 225 Å². The van der Waals surface area contributed by atoms with E-state index in [0.717, 1.165) is 53.1 Å². The maximum atomic E-state index is 13.0. The third-order valence-electron chi connectivity index (χ3n) is 7.74. The number of carbonyl (C=O) groups excluding carboxylic acids is 1. The lowest BCUT2D eigenvalue weighted by atomic mass is 9.80. The Morgan fingerprint density at radius 2 is 1.74 bits per heavy atom. The molecule has 0 bridgehead atoms. The van der Waals surface area contributed by atoms with Crippen molar-refractivity contribution >= 4 is 21.6 Å². The minimum atomic E-state index is -3.34. The zero-order chi connectivity index (χ0) is 26.7. The van der Waals surface area contributed by atoms with Crippen LogP contribution in [0.5, 0.6) is 5.75 Å². The van der Waals surface area contributed by atoms with Crippen molar-refractivity contribution in [1.82, 2.24) is 4.31 Å². The van der Waals surface area contributed by atoms with Gasteiger partial charge in [-0.1, -0.05) is 48.0 Å². The smallest absolute Gasteiger partial charge is 0.250 e. The summed E-state index contributed by atoms with van der Waals surface area (Å²) in [5.74, 6) is 0.930. The van der Waals surface area contributed by atoms with E-state index in [1.165, 1.54) is 0 Å². The van der Waals surface area contributed by atoms with E-state index in [1.807, 2.05) is 67.6 Å². The number of anilines is 1. The van der Waals surface area contributed by atoms with Crippen LogP contribution in [0.4, 0.5) is 5.69 Å². The number of aryl methyl sites for hydroxylation is 1. The van der Waals surface area contributed by atoms with E-state index in [9.17, 15) is 13.2 Å². The fraction of sp³-hybridized carbons (Fsp3) is 0.367. The van der Waals surface area contributed by atoms with Gasteiger partial charge < -0.3 is 15.8 Å². The zero-order valence-electron chi connectivity index (χ0n) is 21.7. The van der Waals surface area contributed by atoms with Crippen LogP contribution in [0.25, 0.3) is 11.1 Å². The average molecular weight is 534 g/mol. The number of hydrogen-bond acceptors (Lipinski definition) is 5. The number of nitrogens with two attached hydrogens (primary N) is 1. The highest BCUT2D eigenvalue weighted by atomic mass is 32.2. The second kappa shape index (κ2) is 11.2. The van der Waals surface area contributed by atoms with Crippen LogP contribution in [0.1, 0.15) is 46.7 Å². The van der Waals surface area contributed by atoms with Crippen LogP contribution in [0.3, 0.4) is 0 Å². The third-order valence-corrected chi connectivity index (χ3v) is 9.69. The monoisotopic (exact) mass is 533 g/mol. The molecular weight excluding hydrogens is 498 g/mol. The van der Waals surface area contributed by atoms with E-state index in [2.05, 4.69) is 11.4 Å². The standard InChI is InChI=1S/C30H35N3O4S/c1-21-8-10-25(11-9-21)37-16-5-17-38(35,36)33-14-12-23(13-15-33)28-20-32-29-26(28)18-24(19-27(29)30(31)34)22-6-3-2-4-7-22/h2-4,6-11,18-19,23,28,32H,5,12-17,20H2,1H3,(H2,31,34). The van der Waals surface area contributed by atoms with Gasteiger partial charge in [-0.15, -0.1) is 0 Å². The number of carbonyl (C=O) groups is 1. The third kappa shape index (κ3) is 5.71. The molecule has 0 aromatic heterocycles. The molecule has 1 amide bonds. The Morgan fingerprint density at radius 3 is 2.42 bits per heavy atom. The zero-order valence-corrected chi connectivity index (χ0v) is 22.5. The highest BCUT2D eigenvalue weighted by Gasteiger charge is 2.36. The van der Waals surface area contributed by atoms with E-state index in [4.69, 9.17) is 10.5 Å². The van der Waals surface area contributed by atoms with Gasteiger partial charge in [-0.3, -0.25) is 4.79 Å². The summed E-state index contributed by atoms with van der Waals surface area (Å²) in [6.45, 7) is 4.13. The van der Waals surface area contributed by atoms with Crippen molar-refractivity contribution < 1.29 is 17.9 Å². The first-order chi connectivity index (χ1) is 18.3. The second-order valence-corrected chi connectivity index (χ2v) is 12.4. The minimum absolute atomic E-state index is 0.0831. The summed E-state index contributed by atoms with van der Waals surface area (Å²) in [7, 11) is -3.34. The summed E-state index contributed by atoms with van der Waals surface area (Å²) in [4.78, 5) is 12.3. The lowest BCUT2D eigenvalue weighted by molar-refractivity contribution is 0.100. The number of piperidine rings is 1. The lowest BCUT2D eigenvalue weighted by Gasteiger charge is -2.34. The van der Waals surface area contributed by atoms with Gasteiger partial charge in [-0.25, -0.2) is 12.7 Å². The van der Waals surface area contributed by atoms with Crippen LogP contribution < -0.4 is 15.8 Å². The summed E-state index contributed by atoms with van der Waals surface area (Å²) < 4.78 is 33.3. The number of rotatable bonds is 9. The highest BCUT2D eigenvalue weighted by Crippen LogP contribution is 2.44. The van der Waals surface area contributed by atoms with E-state index >= 15 is 0 Å². The van der Waals surface area contributed by atoms with Gasteiger partial charge >= 0.3 is 0 Å². The van der Waals surface area contributed by atoms with Gasteiger partial charge in [0.05, 0.1) is 23.6 Å². The quantitative estimate of drug-likeness (QED) is 0.386. The molecule has 2 aliphatic heterocycles. The molecule has 7 nitrogen and oxygen atoms in total. The van der Waals surface area contributed by atoms with Gasteiger partial charge in [0, 0.05) is 25.6 Å². The molecule has 3 N–H and O–H groups in total. The molecule has 0 aliphatic carbocycles. The van der Waals surface area contributed by atoms with Crippen molar-refractivity contribution in [2.75, 3.05) is 37.3 Å². The number of ether oxygens (including phenoxy) is 1. The number of fused-ring (bicyclic) bond motifs is 1. The van der Waals surface area contributed by atoms with Crippen molar-refractivity contribution in [3.05, 3.63) is 83.4 Å². The summed E-state index contributed by atoms with van der Waals surface area (Å²) >= 11 is 0. The molecule has 1 fully saturated rings. The van der Waals surface area contributed by atoms with Crippen LogP contribution in [0.2, 0.25) is 0 Å². The first kappa shape index (κ1) is 26.3. The van der Waals surface area contributed by atoms with Crippen molar-refractivity contribution in [2.24, 2.45) is 11.7 Å². The van der Waals surface area contributed by atoms with Crippen LogP contribution in [0.15, 0.2) is 66.7 Å². The van der Waals surface area contributed by atoms with Crippen LogP contribution in [-0.2, 0) is 10.0 Å². The molecular formula is C30H35N3O4S. The van der Waals surface area contributed by atoms with E-state index < -0.39 is 15.9 Å². The van der Waals surface area contributed by atoms with Crippen LogP contribution in [0, 0.1) is 12.8 Å². The van der Waals surface area contributed by atoms with Gasteiger partial charge in [0.1, 0.15) is 5.75 Å². The lowest BCUT2D eigenvalue weighted by Crippen LogP contribution is -2.41. The average Bonchev–Trinajstić information content (AvgIpc) is 3.36. The number of nitrogens with zero attached hydrogens (tertiary/aromatic N) is 1. The van der Waals surface area contributed by atoms with E-state index in [-0.39, 0.29) is 11.7 Å². The molecule has 3 aromatic carbocycles. The number of amides is 1. The number of hydrogen-bond donors (Lipinski definition) is 2. The van der Waals surface area contributed by atoms with Gasteiger partial charge in [0.2, 0.25) is 10.0 Å². The fourth-order valence-electron chi connectivity index (χ4n) is 5.64. The molecule has 0 radical (unpaired) electrons. The molecule has 1 unspecified atom stereocenters. The molecule has 0 spiro atoms. The number of sulfonamides is 1. The van der Waals surface area contributed by atoms with Gasteiger partial charge in [-0.05, 0) is 73.1 Å². The molecule has 0 saturated carbocycles. The molecule has 38 heavy (non-hydrogen) atoms. The molecule has 2 aliphatic rings. The van der Waals surface area contributed by atoms with Gasteiger partial charge in [0.25, 0.3) is 5.91 Å². The Hall–Kier alpha value is -3.36. The molecule has 8 heteroatoms. The molecule has 2 heterocycles. The predicted molar refractivity (Wildman–Crippen MR) is 151 cm³/mol. The summed E-state index contributed by atoms with van der Waals surface area (Å²) in [5.41, 5.74) is 11.4. The minimum Gasteiger partial charge on any atom is -0.494 e.